The Balaban J connectivity index is 1.67. The van der Waals surface area contributed by atoms with Gasteiger partial charge in [0, 0.05) is 13.6 Å². The second-order valence-corrected chi connectivity index (χ2v) is 5.43. The van der Waals surface area contributed by atoms with Crippen LogP contribution >= 0.6 is 0 Å². The summed E-state index contributed by atoms with van der Waals surface area (Å²) in [5, 5.41) is 7.15. The van der Waals surface area contributed by atoms with Crippen LogP contribution in [-0.4, -0.2) is 15.7 Å². The Kier molecular flexibility index (Phi) is 3.30. The summed E-state index contributed by atoms with van der Waals surface area (Å²) in [5.74, 6) is -0.0754. The lowest BCUT2D eigenvalue weighted by atomic mass is 10.1. The quantitative estimate of drug-likeness (QED) is 0.928. The number of aryl methyl sites for hydroxylation is 4. The van der Waals surface area contributed by atoms with Gasteiger partial charge in [-0.15, -0.1) is 0 Å². The van der Waals surface area contributed by atoms with Crippen LogP contribution in [0, 0.1) is 6.92 Å². The molecule has 1 N–H and O–H groups in total. The molecule has 1 aromatic heterocycles. The molecule has 0 aliphatic heterocycles. The second kappa shape index (κ2) is 5.12. The Morgan fingerprint density at radius 2 is 2.10 bits per heavy atom. The molecule has 1 heterocycles. The molecular weight excluding hydrogens is 250 g/mol. The molecule has 3 rings (SSSR count). The number of benzene rings is 1. The van der Waals surface area contributed by atoms with E-state index in [9.17, 15) is 4.79 Å². The van der Waals surface area contributed by atoms with Crippen LogP contribution < -0.4 is 5.32 Å². The van der Waals surface area contributed by atoms with E-state index in [1.807, 2.05) is 6.92 Å². The summed E-state index contributed by atoms with van der Waals surface area (Å²) in [4.78, 5) is 12.1. The third kappa shape index (κ3) is 2.46. The first-order chi connectivity index (χ1) is 9.63. The van der Waals surface area contributed by atoms with E-state index < -0.39 is 0 Å². The summed E-state index contributed by atoms with van der Waals surface area (Å²) in [6.07, 6.45) is 3.60. The number of hydrogen-bond acceptors (Lipinski definition) is 2. The lowest BCUT2D eigenvalue weighted by molar-refractivity contribution is 0.0941. The molecule has 0 bridgehead atoms. The fourth-order valence-corrected chi connectivity index (χ4v) is 2.83. The molecule has 0 unspecified atom stereocenters. The summed E-state index contributed by atoms with van der Waals surface area (Å²) < 4.78 is 1.62. The topological polar surface area (TPSA) is 46.9 Å². The maximum Gasteiger partial charge on any atom is 0.269 e. The number of hydrogen-bond donors (Lipinski definition) is 1. The van der Waals surface area contributed by atoms with Crippen molar-refractivity contribution in [3.05, 3.63) is 52.3 Å². The van der Waals surface area contributed by atoms with Gasteiger partial charge in [-0.25, -0.2) is 0 Å². The van der Waals surface area contributed by atoms with Gasteiger partial charge in [0.05, 0.1) is 5.69 Å². The number of carbonyl (C=O) groups excluding carboxylic acids is 1. The van der Waals surface area contributed by atoms with Gasteiger partial charge in [-0.1, -0.05) is 18.2 Å². The second-order valence-electron chi connectivity index (χ2n) is 5.43. The molecule has 1 amide bonds. The number of rotatable bonds is 3. The van der Waals surface area contributed by atoms with Crippen molar-refractivity contribution in [3.63, 3.8) is 0 Å². The first-order valence-corrected chi connectivity index (χ1v) is 7.03. The van der Waals surface area contributed by atoms with Crippen molar-refractivity contribution >= 4 is 5.91 Å². The van der Waals surface area contributed by atoms with Gasteiger partial charge in [-0.05, 0) is 48.9 Å². The minimum Gasteiger partial charge on any atom is -0.347 e. The van der Waals surface area contributed by atoms with E-state index in [0.717, 1.165) is 17.7 Å². The van der Waals surface area contributed by atoms with E-state index in [0.29, 0.717) is 12.2 Å². The third-order valence-corrected chi connectivity index (χ3v) is 3.85. The smallest absolute Gasteiger partial charge is 0.269 e. The molecule has 104 valence electrons. The summed E-state index contributed by atoms with van der Waals surface area (Å²) in [6.45, 7) is 2.45. The van der Waals surface area contributed by atoms with Gasteiger partial charge in [0.25, 0.3) is 5.91 Å². The van der Waals surface area contributed by atoms with Gasteiger partial charge in [0.2, 0.25) is 0 Å². The van der Waals surface area contributed by atoms with Crippen LogP contribution in [0.4, 0.5) is 0 Å². The highest BCUT2D eigenvalue weighted by molar-refractivity contribution is 5.92. The fourth-order valence-electron chi connectivity index (χ4n) is 2.83. The van der Waals surface area contributed by atoms with Gasteiger partial charge in [-0.2, -0.15) is 5.10 Å². The monoisotopic (exact) mass is 269 g/mol. The molecule has 0 saturated carbocycles. The fraction of sp³-hybridized carbons (Fsp3) is 0.375. The van der Waals surface area contributed by atoms with Gasteiger partial charge in [0.15, 0.2) is 0 Å². The molecule has 4 nitrogen and oxygen atoms in total. The van der Waals surface area contributed by atoms with Crippen molar-refractivity contribution in [2.24, 2.45) is 7.05 Å². The van der Waals surface area contributed by atoms with Crippen molar-refractivity contribution in [1.82, 2.24) is 15.1 Å². The molecule has 0 spiro atoms. The highest BCUT2D eigenvalue weighted by Gasteiger charge is 2.13. The lowest BCUT2D eigenvalue weighted by Crippen LogP contribution is -2.25. The first kappa shape index (κ1) is 12.9. The summed E-state index contributed by atoms with van der Waals surface area (Å²) in [5.41, 5.74) is 5.52. The first-order valence-electron chi connectivity index (χ1n) is 7.03. The van der Waals surface area contributed by atoms with Crippen molar-refractivity contribution in [2.45, 2.75) is 32.7 Å². The standard InChI is InChI=1S/C16H19N3O/c1-11-8-15(19(2)18-11)16(20)17-10-12-6-7-13-4-3-5-14(13)9-12/h6-9H,3-5,10H2,1-2H3,(H,17,20). The number of nitrogens with one attached hydrogen (secondary N) is 1. The highest BCUT2D eigenvalue weighted by atomic mass is 16.2. The number of nitrogens with zero attached hydrogens (tertiary/aromatic N) is 2. The van der Waals surface area contributed by atoms with E-state index in [1.165, 1.54) is 24.0 Å². The van der Waals surface area contributed by atoms with Crippen LogP contribution in [0.3, 0.4) is 0 Å². The number of aromatic nitrogens is 2. The van der Waals surface area contributed by atoms with Crippen LogP contribution in [-0.2, 0) is 26.4 Å². The summed E-state index contributed by atoms with van der Waals surface area (Å²) in [7, 11) is 1.79. The molecule has 1 aliphatic carbocycles. The molecule has 0 fully saturated rings. The Bertz CT molecular complexity index is 658. The van der Waals surface area contributed by atoms with Crippen LogP contribution in [0.5, 0.6) is 0 Å². The van der Waals surface area contributed by atoms with Gasteiger partial charge in [-0.3, -0.25) is 9.48 Å². The van der Waals surface area contributed by atoms with Crippen LogP contribution in [0.25, 0.3) is 0 Å². The molecule has 0 radical (unpaired) electrons. The predicted octanol–water partition coefficient (Wildman–Crippen LogP) is 2.15. The number of carbonyl (C=O) groups is 1. The Labute approximate surface area is 118 Å². The van der Waals surface area contributed by atoms with Crippen molar-refractivity contribution < 1.29 is 4.79 Å². The molecular formula is C16H19N3O. The van der Waals surface area contributed by atoms with Crippen molar-refractivity contribution in [1.29, 1.82) is 0 Å². The largest absolute Gasteiger partial charge is 0.347 e. The molecule has 0 saturated heterocycles. The van der Waals surface area contributed by atoms with E-state index in [1.54, 1.807) is 17.8 Å². The predicted molar refractivity (Wildman–Crippen MR) is 77.6 cm³/mol. The van der Waals surface area contributed by atoms with Crippen LogP contribution in [0.15, 0.2) is 24.3 Å². The molecule has 2 aromatic rings. The highest BCUT2D eigenvalue weighted by Crippen LogP contribution is 2.22. The zero-order chi connectivity index (χ0) is 14.1. The minimum atomic E-state index is -0.0754. The van der Waals surface area contributed by atoms with E-state index in [-0.39, 0.29) is 5.91 Å². The van der Waals surface area contributed by atoms with Gasteiger partial charge in [0.1, 0.15) is 5.69 Å². The molecule has 1 aliphatic rings. The Morgan fingerprint density at radius 1 is 1.30 bits per heavy atom. The maximum absolute atomic E-state index is 12.1. The number of fused-ring (bicyclic) bond motifs is 1. The summed E-state index contributed by atoms with van der Waals surface area (Å²) >= 11 is 0. The average Bonchev–Trinajstić information content (AvgIpc) is 3.01. The number of amides is 1. The van der Waals surface area contributed by atoms with Crippen LogP contribution in [0.2, 0.25) is 0 Å². The Morgan fingerprint density at radius 3 is 2.85 bits per heavy atom. The third-order valence-electron chi connectivity index (χ3n) is 3.85. The summed E-state index contributed by atoms with van der Waals surface area (Å²) in [6, 6.07) is 8.33. The minimum absolute atomic E-state index is 0.0754. The zero-order valence-corrected chi connectivity index (χ0v) is 11.9. The van der Waals surface area contributed by atoms with E-state index in [4.69, 9.17) is 0 Å². The van der Waals surface area contributed by atoms with Crippen molar-refractivity contribution in [2.75, 3.05) is 0 Å². The van der Waals surface area contributed by atoms with Crippen LogP contribution in [0.1, 0.15) is 39.3 Å². The molecule has 0 atom stereocenters. The van der Waals surface area contributed by atoms with E-state index >= 15 is 0 Å². The van der Waals surface area contributed by atoms with E-state index in [2.05, 4.69) is 28.6 Å². The Hall–Kier alpha value is -2.10. The SMILES string of the molecule is Cc1cc(C(=O)NCc2ccc3c(c2)CCC3)n(C)n1. The molecule has 1 aromatic carbocycles. The molecule has 4 heteroatoms. The van der Waals surface area contributed by atoms with Gasteiger partial charge >= 0.3 is 0 Å². The molecule has 20 heavy (non-hydrogen) atoms. The van der Waals surface area contributed by atoms with Gasteiger partial charge < -0.3 is 5.32 Å². The lowest BCUT2D eigenvalue weighted by Gasteiger charge is -2.07. The van der Waals surface area contributed by atoms with Crippen molar-refractivity contribution in [3.8, 4) is 0 Å². The normalized spacial score (nSPS) is 13.3. The zero-order valence-electron chi connectivity index (χ0n) is 11.9. The average molecular weight is 269 g/mol. The maximum atomic E-state index is 12.1.